The number of halogens is 1. The quantitative estimate of drug-likeness (QED) is 0.740. The van der Waals surface area contributed by atoms with Crippen LogP contribution in [-0.4, -0.2) is 19.7 Å². The van der Waals surface area contributed by atoms with Gasteiger partial charge < -0.3 is 4.57 Å². The summed E-state index contributed by atoms with van der Waals surface area (Å²) in [6.07, 6.45) is 1.76. The Morgan fingerprint density at radius 3 is 2.55 bits per heavy atom. The second-order valence-electron chi connectivity index (χ2n) is 4.14. The molecule has 6 heteroatoms. The molecule has 0 saturated carbocycles. The van der Waals surface area contributed by atoms with E-state index < -0.39 is 0 Å². The van der Waals surface area contributed by atoms with Crippen LogP contribution in [0.25, 0.3) is 11.4 Å². The van der Waals surface area contributed by atoms with Crippen LogP contribution in [-0.2, 0) is 7.05 Å². The first-order valence-corrected chi connectivity index (χ1v) is 7.18. The standard InChI is InChI=1S/C14H11ClN4S/c1-19-13(10-5-7-11(15)8-6-10)17-18-14(19)20-12-4-2-3-9-16-12/h2-9H,1H3. The number of hydrogen-bond acceptors (Lipinski definition) is 4. The fourth-order valence-corrected chi connectivity index (χ4v) is 2.63. The predicted molar refractivity (Wildman–Crippen MR) is 79.8 cm³/mol. The fourth-order valence-electron chi connectivity index (χ4n) is 1.76. The van der Waals surface area contributed by atoms with E-state index in [0.717, 1.165) is 21.6 Å². The minimum atomic E-state index is 0.707. The van der Waals surface area contributed by atoms with Crippen molar-refractivity contribution >= 4 is 23.4 Å². The molecule has 20 heavy (non-hydrogen) atoms. The van der Waals surface area contributed by atoms with Gasteiger partial charge in [-0.25, -0.2) is 4.98 Å². The van der Waals surface area contributed by atoms with Gasteiger partial charge in [0.2, 0.25) is 0 Å². The zero-order valence-corrected chi connectivity index (χ0v) is 12.3. The van der Waals surface area contributed by atoms with E-state index in [9.17, 15) is 0 Å². The van der Waals surface area contributed by atoms with E-state index in [-0.39, 0.29) is 0 Å². The highest BCUT2D eigenvalue weighted by molar-refractivity contribution is 7.99. The maximum absolute atomic E-state index is 5.90. The first-order chi connectivity index (χ1) is 9.74. The van der Waals surface area contributed by atoms with Gasteiger partial charge in [0.15, 0.2) is 11.0 Å². The average Bonchev–Trinajstić information content (AvgIpc) is 2.83. The van der Waals surface area contributed by atoms with Crippen molar-refractivity contribution in [2.24, 2.45) is 7.05 Å². The summed E-state index contributed by atoms with van der Waals surface area (Å²) >= 11 is 7.38. The topological polar surface area (TPSA) is 43.6 Å². The van der Waals surface area contributed by atoms with Crippen molar-refractivity contribution in [2.75, 3.05) is 0 Å². The van der Waals surface area contributed by atoms with Gasteiger partial charge in [-0.15, -0.1) is 10.2 Å². The van der Waals surface area contributed by atoms with E-state index >= 15 is 0 Å². The number of benzene rings is 1. The molecule has 100 valence electrons. The maximum Gasteiger partial charge on any atom is 0.197 e. The van der Waals surface area contributed by atoms with Gasteiger partial charge in [-0.1, -0.05) is 17.7 Å². The lowest BCUT2D eigenvalue weighted by molar-refractivity contribution is 0.792. The molecule has 0 bridgehead atoms. The van der Waals surface area contributed by atoms with E-state index in [2.05, 4.69) is 15.2 Å². The lowest BCUT2D eigenvalue weighted by atomic mass is 10.2. The first kappa shape index (κ1) is 13.1. The molecule has 2 heterocycles. The average molecular weight is 303 g/mol. The molecule has 0 fully saturated rings. The van der Waals surface area contributed by atoms with Gasteiger partial charge in [0.05, 0.1) is 0 Å². The lowest BCUT2D eigenvalue weighted by Crippen LogP contribution is -1.94. The molecule has 2 aromatic heterocycles. The second kappa shape index (κ2) is 5.64. The van der Waals surface area contributed by atoms with Gasteiger partial charge in [0.1, 0.15) is 5.03 Å². The van der Waals surface area contributed by atoms with Gasteiger partial charge in [0.25, 0.3) is 0 Å². The summed E-state index contributed by atoms with van der Waals surface area (Å²) in [5.74, 6) is 0.806. The summed E-state index contributed by atoms with van der Waals surface area (Å²) in [5.41, 5.74) is 0.984. The van der Waals surface area contributed by atoms with Crippen molar-refractivity contribution < 1.29 is 0 Å². The van der Waals surface area contributed by atoms with Crippen LogP contribution in [0.15, 0.2) is 58.8 Å². The zero-order valence-electron chi connectivity index (χ0n) is 10.7. The van der Waals surface area contributed by atoms with Crippen molar-refractivity contribution in [1.29, 1.82) is 0 Å². The third-order valence-electron chi connectivity index (χ3n) is 2.77. The lowest BCUT2D eigenvalue weighted by Gasteiger charge is -2.03. The summed E-state index contributed by atoms with van der Waals surface area (Å²) in [6, 6.07) is 13.3. The van der Waals surface area contributed by atoms with Gasteiger partial charge >= 0.3 is 0 Å². The molecule has 0 atom stereocenters. The van der Waals surface area contributed by atoms with Crippen molar-refractivity contribution in [2.45, 2.75) is 10.2 Å². The Balaban J connectivity index is 1.91. The maximum atomic E-state index is 5.90. The van der Waals surface area contributed by atoms with Crippen LogP contribution in [0.1, 0.15) is 0 Å². The van der Waals surface area contributed by atoms with Crippen molar-refractivity contribution in [1.82, 2.24) is 19.7 Å². The molecule has 3 rings (SSSR count). The minimum Gasteiger partial charge on any atom is -0.305 e. The van der Waals surface area contributed by atoms with Crippen molar-refractivity contribution in [3.63, 3.8) is 0 Å². The van der Waals surface area contributed by atoms with E-state index in [1.165, 1.54) is 11.8 Å². The molecule has 0 N–H and O–H groups in total. The first-order valence-electron chi connectivity index (χ1n) is 5.98. The van der Waals surface area contributed by atoms with Crippen LogP contribution in [0.5, 0.6) is 0 Å². The third-order valence-corrected chi connectivity index (χ3v) is 4.01. The van der Waals surface area contributed by atoms with Gasteiger partial charge in [-0.05, 0) is 48.2 Å². The SMILES string of the molecule is Cn1c(Sc2ccccn2)nnc1-c1ccc(Cl)cc1. The molecule has 4 nitrogen and oxygen atoms in total. The number of nitrogens with zero attached hydrogens (tertiary/aromatic N) is 4. The molecule has 0 radical (unpaired) electrons. The Morgan fingerprint density at radius 2 is 1.85 bits per heavy atom. The fraction of sp³-hybridized carbons (Fsp3) is 0.0714. The molecule has 0 amide bonds. The van der Waals surface area contributed by atoms with Gasteiger partial charge in [-0.2, -0.15) is 0 Å². The predicted octanol–water partition coefficient (Wildman–Crippen LogP) is 3.68. The molecule has 0 saturated heterocycles. The second-order valence-corrected chi connectivity index (χ2v) is 5.57. The smallest absolute Gasteiger partial charge is 0.197 e. The van der Waals surface area contributed by atoms with Crippen LogP contribution in [0, 0.1) is 0 Å². The summed E-state index contributed by atoms with van der Waals surface area (Å²) in [4.78, 5) is 4.27. The van der Waals surface area contributed by atoms with E-state index in [1.54, 1.807) is 6.20 Å². The zero-order chi connectivity index (χ0) is 13.9. The summed E-state index contributed by atoms with van der Waals surface area (Å²) in [5, 5.41) is 10.8. The van der Waals surface area contributed by atoms with Crippen LogP contribution in [0.4, 0.5) is 0 Å². The van der Waals surface area contributed by atoms with Gasteiger partial charge in [0, 0.05) is 23.8 Å². The number of hydrogen-bond donors (Lipinski definition) is 0. The van der Waals surface area contributed by atoms with E-state index in [0.29, 0.717) is 5.02 Å². The highest BCUT2D eigenvalue weighted by Gasteiger charge is 2.12. The van der Waals surface area contributed by atoms with Gasteiger partial charge in [-0.3, -0.25) is 0 Å². The Hall–Kier alpha value is -1.85. The van der Waals surface area contributed by atoms with Crippen LogP contribution >= 0.6 is 23.4 Å². The third kappa shape index (κ3) is 2.69. The van der Waals surface area contributed by atoms with E-state index in [1.807, 2.05) is 54.1 Å². The molecule has 1 aromatic carbocycles. The number of rotatable bonds is 3. The van der Waals surface area contributed by atoms with Crippen molar-refractivity contribution in [3.8, 4) is 11.4 Å². The summed E-state index contributed by atoms with van der Waals surface area (Å²) in [7, 11) is 1.94. The highest BCUT2D eigenvalue weighted by atomic mass is 35.5. The van der Waals surface area contributed by atoms with Crippen molar-refractivity contribution in [3.05, 3.63) is 53.7 Å². The molecule has 3 aromatic rings. The molecular formula is C14H11ClN4S. The molecular weight excluding hydrogens is 292 g/mol. The van der Waals surface area contributed by atoms with Crippen LogP contribution in [0.2, 0.25) is 5.02 Å². The number of aromatic nitrogens is 4. The molecule has 0 unspecified atom stereocenters. The Kier molecular flexibility index (Phi) is 3.71. The highest BCUT2D eigenvalue weighted by Crippen LogP contribution is 2.27. The molecule has 0 aliphatic heterocycles. The Bertz CT molecular complexity index is 710. The molecule has 0 aliphatic rings. The number of pyridine rings is 1. The Morgan fingerprint density at radius 1 is 1.05 bits per heavy atom. The largest absolute Gasteiger partial charge is 0.305 e. The normalized spacial score (nSPS) is 10.7. The van der Waals surface area contributed by atoms with E-state index in [4.69, 9.17) is 11.6 Å². The monoisotopic (exact) mass is 302 g/mol. The van der Waals surface area contributed by atoms with Crippen LogP contribution < -0.4 is 0 Å². The van der Waals surface area contributed by atoms with Crippen LogP contribution in [0.3, 0.4) is 0 Å². The minimum absolute atomic E-state index is 0.707. The summed E-state index contributed by atoms with van der Waals surface area (Å²) < 4.78 is 1.95. The summed E-state index contributed by atoms with van der Waals surface area (Å²) in [6.45, 7) is 0. The molecule has 0 aliphatic carbocycles. The Labute approximate surface area is 125 Å². The molecule has 0 spiro atoms.